The Morgan fingerprint density at radius 2 is 1.13 bits per heavy atom. The van der Waals surface area contributed by atoms with E-state index in [2.05, 4.69) is 151 Å². The number of aryl methyl sites for hydroxylation is 1. The Labute approximate surface area is 363 Å². The quantitative estimate of drug-likeness (QED) is 0.111. The van der Waals surface area contributed by atoms with E-state index >= 15 is 0 Å². The van der Waals surface area contributed by atoms with Crippen LogP contribution in [-0.4, -0.2) is 6.88 Å². The van der Waals surface area contributed by atoms with Crippen molar-refractivity contribution in [1.29, 1.82) is 0 Å². The molecular weight excluding hydrogens is 803 g/mol. The minimum atomic E-state index is 0. The van der Waals surface area contributed by atoms with Crippen LogP contribution in [0.25, 0.3) is 43.8 Å². The third kappa shape index (κ3) is 9.74. The van der Waals surface area contributed by atoms with Crippen molar-refractivity contribution >= 4 is 53.2 Å². The maximum absolute atomic E-state index is 3.06. The molecule has 4 aliphatic rings. The Bertz CT molecular complexity index is 2050. The maximum atomic E-state index is 3.06. The van der Waals surface area contributed by atoms with Crippen molar-refractivity contribution in [2.24, 2.45) is 17.8 Å². The van der Waals surface area contributed by atoms with Crippen LogP contribution in [0.4, 0.5) is 0 Å². The molecule has 4 heteroatoms. The summed E-state index contributed by atoms with van der Waals surface area (Å²) in [5.41, 5.74) is 11.9. The van der Waals surface area contributed by atoms with E-state index in [9.17, 15) is 0 Å². The summed E-state index contributed by atoms with van der Waals surface area (Å²) in [5, 5.41) is 5.54. The molecule has 1 unspecified atom stereocenters. The molecule has 4 aliphatic carbocycles. The molecule has 0 N–H and O–H groups in total. The van der Waals surface area contributed by atoms with Crippen LogP contribution in [-0.2, 0) is 35.2 Å². The van der Waals surface area contributed by atoms with E-state index in [0.29, 0.717) is 17.3 Å². The molecule has 4 saturated carbocycles. The van der Waals surface area contributed by atoms with Gasteiger partial charge in [0.1, 0.15) is 0 Å². The molecule has 0 amide bonds. The van der Waals surface area contributed by atoms with E-state index in [1.165, 1.54) is 129 Å². The first-order chi connectivity index (χ1) is 24.8. The molecule has 55 heavy (non-hydrogen) atoms. The van der Waals surface area contributed by atoms with Crippen molar-refractivity contribution in [2.45, 2.75) is 103 Å². The number of hydrogen-bond acceptors (Lipinski definition) is 0. The van der Waals surface area contributed by atoms with Crippen molar-refractivity contribution in [1.82, 2.24) is 0 Å². The Kier molecular flexibility index (Phi) is 17.5. The molecule has 10 rings (SSSR count). The third-order valence-electron chi connectivity index (χ3n) is 12.9. The van der Waals surface area contributed by atoms with Crippen LogP contribution in [0.5, 0.6) is 0 Å². The number of rotatable bonds is 7. The van der Waals surface area contributed by atoms with Gasteiger partial charge < -0.3 is 14.9 Å². The molecule has 292 valence electrons. The Morgan fingerprint density at radius 1 is 0.655 bits per heavy atom. The van der Waals surface area contributed by atoms with Gasteiger partial charge in [0, 0.05) is 0 Å². The van der Waals surface area contributed by atoms with Crippen LogP contribution in [0.15, 0.2) is 109 Å². The van der Waals surface area contributed by atoms with Gasteiger partial charge in [-0.1, -0.05) is 113 Å². The second kappa shape index (κ2) is 20.5. The molecule has 6 aromatic carbocycles. The number of benzene rings is 4. The summed E-state index contributed by atoms with van der Waals surface area (Å²) in [7, 11) is 0. The summed E-state index contributed by atoms with van der Waals surface area (Å²) < 4.78 is 0. The van der Waals surface area contributed by atoms with Crippen LogP contribution < -0.4 is 0 Å². The van der Waals surface area contributed by atoms with Gasteiger partial charge in [0.2, 0.25) is 0 Å². The van der Waals surface area contributed by atoms with Gasteiger partial charge in [-0.25, -0.2) is 0 Å². The fourth-order valence-corrected chi connectivity index (χ4v) is 10.3. The van der Waals surface area contributed by atoms with Gasteiger partial charge in [-0.2, -0.15) is 12.1 Å². The molecule has 0 spiro atoms. The zero-order valence-corrected chi connectivity index (χ0v) is 39.3. The molecule has 0 heterocycles. The fourth-order valence-electron chi connectivity index (χ4n) is 10.3. The van der Waals surface area contributed by atoms with E-state index in [1.807, 2.05) is 0 Å². The first-order valence-corrected chi connectivity index (χ1v) is 23.8. The number of hydrogen-bond donors (Lipinski definition) is 0. The molecule has 6 aromatic rings. The van der Waals surface area contributed by atoms with Crippen molar-refractivity contribution in [3.63, 3.8) is 0 Å². The first kappa shape index (κ1) is 47.2. The van der Waals surface area contributed by atoms with E-state index in [0.717, 1.165) is 24.2 Å². The van der Waals surface area contributed by atoms with Crippen molar-refractivity contribution in [2.75, 3.05) is 0 Å². The number of halogens is 2. The summed E-state index contributed by atoms with van der Waals surface area (Å²) in [6.07, 6.45) is 11.2. The standard InChI is InChI=1S/C27H29.C22H25.2CH3.2ClH.Si.Zr/c1-2-18-13-23-4-3-5-25(26(23)14-18)22-6-8-24(9-7-22)27-15-19-10-20(16-27)12-21(11-19)17-27;1-5-16(4)20-13-19-7-6-8-21(22(19)14-20)18-11-9-17(10-12-18)15(2)3;;;;;;/h3-9,13-14,19-21H,2,10-12,15-17H2,1H3;6-16H,5H2,1-4H3;2*1H3;2*1H;;/q4*-1;;;;. The van der Waals surface area contributed by atoms with Crippen LogP contribution in [0.1, 0.15) is 114 Å². The zero-order valence-electron chi connectivity index (χ0n) is 34.3. The minimum absolute atomic E-state index is 0. The fraction of sp³-hybridized carbons (Fsp3) is 0.373. The van der Waals surface area contributed by atoms with Crippen LogP contribution in [0.3, 0.4) is 0 Å². The summed E-state index contributed by atoms with van der Waals surface area (Å²) in [6.45, 7) is 14.4. The van der Waals surface area contributed by atoms with Gasteiger partial charge in [0.05, 0.1) is 0 Å². The summed E-state index contributed by atoms with van der Waals surface area (Å²) >= 11 is 1.36. The van der Waals surface area contributed by atoms with E-state index in [4.69, 9.17) is 0 Å². The zero-order chi connectivity index (χ0) is 35.7. The van der Waals surface area contributed by atoms with Crippen LogP contribution in [0, 0.1) is 32.6 Å². The normalized spacial score (nSPS) is 20.8. The third-order valence-corrected chi connectivity index (χ3v) is 12.9. The predicted octanol–water partition coefficient (Wildman–Crippen LogP) is 15.5. The molecule has 0 aliphatic heterocycles. The topological polar surface area (TPSA) is 0 Å². The van der Waals surface area contributed by atoms with Crippen LogP contribution in [0.2, 0.25) is 0 Å². The molecular formula is C51H62Cl2SiZr-4. The Hall–Kier alpha value is -2.22. The van der Waals surface area contributed by atoms with E-state index in [-0.39, 0.29) is 39.7 Å². The number of fused-ring (bicyclic) bond motifs is 2. The molecule has 1 atom stereocenters. The average molecular weight is 865 g/mol. The van der Waals surface area contributed by atoms with Crippen molar-refractivity contribution in [3.8, 4) is 22.3 Å². The van der Waals surface area contributed by atoms with Gasteiger partial charge in [0.25, 0.3) is 0 Å². The summed E-state index contributed by atoms with van der Waals surface area (Å²) in [6, 6.07) is 41.7. The first-order valence-electron chi connectivity index (χ1n) is 19.7. The molecule has 4 fully saturated rings. The van der Waals surface area contributed by atoms with E-state index < -0.39 is 0 Å². The molecule has 4 bridgehead atoms. The SMILES string of the molecule is CCC(C)c1cc2c(-c3ccc(C(C)C)cc3)cccc2[cH-]1.CCc1cc2c(-c3ccc(C45CC6CC(CC(C6)C4)C5)cc3)cccc2[cH-]1.Cl.Cl.[CH3-].[CH3-].[Si]=[Zr]. The van der Waals surface area contributed by atoms with Gasteiger partial charge >= 0.3 is 30.2 Å². The van der Waals surface area contributed by atoms with Crippen molar-refractivity contribution < 1.29 is 23.3 Å². The second-order valence-electron chi connectivity index (χ2n) is 16.5. The molecule has 0 nitrogen and oxygen atoms in total. The van der Waals surface area contributed by atoms with Gasteiger partial charge in [-0.05, 0) is 102 Å². The monoisotopic (exact) mass is 862 g/mol. The van der Waals surface area contributed by atoms with Gasteiger partial charge in [0.15, 0.2) is 0 Å². The summed E-state index contributed by atoms with van der Waals surface area (Å²) in [5.74, 6) is 4.26. The van der Waals surface area contributed by atoms with Crippen LogP contribution >= 0.6 is 24.8 Å². The molecule has 0 saturated heterocycles. The molecule has 2 radical (unpaired) electrons. The Balaban J connectivity index is 0.000000269. The Morgan fingerprint density at radius 3 is 1.60 bits per heavy atom. The van der Waals surface area contributed by atoms with Gasteiger partial charge in [-0.15, -0.1) is 93.9 Å². The van der Waals surface area contributed by atoms with E-state index in [1.54, 1.807) is 5.56 Å². The van der Waals surface area contributed by atoms with Crippen molar-refractivity contribution in [3.05, 3.63) is 146 Å². The second-order valence-corrected chi connectivity index (χ2v) is 16.5. The average Bonchev–Trinajstić information content (AvgIpc) is 3.80. The molecule has 0 aromatic heterocycles. The summed E-state index contributed by atoms with van der Waals surface area (Å²) in [4.78, 5) is 0. The van der Waals surface area contributed by atoms with Gasteiger partial charge in [-0.3, -0.25) is 0 Å². The predicted molar refractivity (Wildman–Crippen MR) is 245 cm³/mol.